The highest BCUT2D eigenvalue weighted by Gasteiger charge is 2.66. The Morgan fingerprint density at radius 3 is 2.62 bits per heavy atom. The lowest BCUT2D eigenvalue weighted by atomic mass is 9.65. The van der Waals surface area contributed by atoms with E-state index in [1.807, 2.05) is 26.8 Å². The van der Waals surface area contributed by atoms with Crippen molar-refractivity contribution in [3.05, 3.63) is 23.3 Å². The van der Waals surface area contributed by atoms with Crippen molar-refractivity contribution in [1.82, 2.24) is 0 Å². The van der Waals surface area contributed by atoms with Gasteiger partial charge in [0.1, 0.15) is 11.9 Å². The number of Topliss-reactive ketones (excluding diaryl/α,β-unsaturated/α-hetero) is 1. The van der Waals surface area contributed by atoms with E-state index in [1.54, 1.807) is 26.8 Å². The lowest BCUT2D eigenvalue weighted by Crippen LogP contribution is -2.56. The molecule has 0 amide bonds. The zero-order chi connectivity index (χ0) is 18.3. The van der Waals surface area contributed by atoms with E-state index in [2.05, 4.69) is 0 Å². The van der Waals surface area contributed by atoms with Crippen molar-refractivity contribution in [3.63, 3.8) is 0 Å². The molecule has 4 heteroatoms. The Morgan fingerprint density at radius 2 is 2.08 bits per heavy atom. The summed E-state index contributed by atoms with van der Waals surface area (Å²) in [5, 5.41) is 11.6. The van der Waals surface area contributed by atoms with Crippen LogP contribution in [0.1, 0.15) is 60.8 Å². The smallest absolute Gasteiger partial charge is 0.334 e. The van der Waals surface area contributed by atoms with Gasteiger partial charge in [0.25, 0.3) is 0 Å². The number of ketones is 1. The molecule has 1 fully saturated rings. The van der Waals surface area contributed by atoms with Gasteiger partial charge in [0.2, 0.25) is 0 Å². The number of hydrogen-bond donors (Lipinski definition) is 1. The van der Waals surface area contributed by atoms with E-state index >= 15 is 0 Å². The molecule has 2 aliphatic carbocycles. The Balaban J connectivity index is 2.50. The summed E-state index contributed by atoms with van der Waals surface area (Å²) < 4.78 is 5.71. The van der Waals surface area contributed by atoms with E-state index in [4.69, 9.17) is 4.74 Å². The SMILES string of the molecule is C/C=C(/C)C(=O)O[C@@H]1C=C(C)CC[C@@]2(O)[C@H](C(C)C)CC(=O)[C@]12C. The zero-order valence-corrected chi connectivity index (χ0v) is 15.7. The molecule has 4 atom stereocenters. The molecule has 2 rings (SSSR count). The highest BCUT2D eigenvalue weighted by molar-refractivity contribution is 5.92. The fourth-order valence-electron chi connectivity index (χ4n) is 4.22. The fourth-order valence-corrected chi connectivity index (χ4v) is 4.22. The van der Waals surface area contributed by atoms with Crippen LogP contribution in [0.5, 0.6) is 0 Å². The van der Waals surface area contributed by atoms with E-state index < -0.39 is 23.1 Å². The summed E-state index contributed by atoms with van der Waals surface area (Å²) in [6, 6.07) is 0. The number of esters is 1. The Hall–Kier alpha value is -1.42. The molecule has 1 saturated carbocycles. The summed E-state index contributed by atoms with van der Waals surface area (Å²) in [7, 11) is 0. The first-order valence-corrected chi connectivity index (χ1v) is 8.84. The first-order chi connectivity index (χ1) is 11.1. The third kappa shape index (κ3) is 2.75. The maximum absolute atomic E-state index is 12.9. The second-order valence-corrected chi connectivity index (χ2v) is 7.92. The second kappa shape index (κ2) is 6.47. The predicted octanol–water partition coefficient (Wildman–Crippen LogP) is 3.59. The highest BCUT2D eigenvalue weighted by atomic mass is 16.5. The van der Waals surface area contributed by atoms with Gasteiger partial charge in [-0.25, -0.2) is 4.79 Å². The van der Waals surface area contributed by atoms with Crippen molar-refractivity contribution in [3.8, 4) is 0 Å². The molecule has 134 valence electrons. The van der Waals surface area contributed by atoms with Gasteiger partial charge in [0.15, 0.2) is 0 Å². The number of ether oxygens (including phenoxy) is 1. The molecule has 0 aromatic heterocycles. The van der Waals surface area contributed by atoms with Gasteiger partial charge in [-0.15, -0.1) is 0 Å². The molecule has 0 aromatic carbocycles. The van der Waals surface area contributed by atoms with E-state index in [0.29, 0.717) is 24.8 Å². The van der Waals surface area contributed by atoms with Gasteiger partial charge >= 0.3 is 5.97 Å². The topological polar surface area (TPSA) is 63.6 Å². The van der Waals surface area contributed by atoms with Gasteiger partial charge in [0, 0.05) is 12.0 Å². The summed E-state index contributed by atoms with van der Waals surface area (Å²) in [5.41, 5.74) is -0.696. The van der Waals surface area contributed by atoms with Crippen molar-refractivity contribution in [2.24, 2.45) is 17.3 Å². The zero-order valence-electron chi connectivity index (χ0n) is 15.7. The minimum absolute atomic E-state index is 0.00872. The molecule has 0 aliphatic heterocycles. The average molecular weight is 334 g/mol. The van der Waals surface area contributed by atoms with Crippen molar-refractivity contribution < 1.29 is 19.4 Å². The summed E-state index contributed by atoms with van der Waals surface area (Å²) in [5.74, 6) is -0.366. The largest absolute Gasteiger partial charge is 0.454 e. The maximum atomic E-state index is 12.9. The van der Waals surface area contributed by atoms with Gasteiger partial charge in [-0.1, -0.05) is 25.5 Å². The molecule has 0 heterocycles. The van der Waals surface area contributed by atoms with Crippen molar-refractivity contribution in [2.45, 2.75) is 72.5 Å². The standard InChI is InChI=1S/C20H30O4/c1-7-14(5)18(22)24-17-10-13(4)8-9-20(23)15(12(2)3)11-16(21)19(17,20)6/h7,10,12,15,17,23H,8-9,11H2,1-6H3/b14-7-/t15-,17+,19+,20+/m0/s1. The first-order valence-electron chi connectivity index (χ1n) is 8.84. The number of allylic oxidation sites excluding steroid dienone is 2. The van der Waals surface area contributed by atoms with E-state index in [-0.39, 0.29) is 17.6 Å². The molecule has 0 bridgehead atoms. The van der Waals surface area contributed by atoms with Gasteiger partial charge in [0.05, 0.1) is 11.0 Å². The number of fused-ring (bicyclic) bond motifs is 1. The molecule has 4 nitrogen and oxygen atoms in total. The van der Waals surface area contributed by atoms with E-state index in [9.17, 15) is 14.7 Å². The third-order valence-corrected chi connectivity index (χ3v) is 6.20. The number of aliphatic hydroxyl groups is 1. The van der Waals surface area contributed by atoms with Crippen molar-refractivity contribution >= 4 is 11.8 Å². The van der Waals surface area contributed by atoms with Crippen LogP contribution in [-0.4, -0.2) is 28.6 Å². The van der Waals surface area contributed by atoms with Crippen LogP contribution >= 0.6 is 0 Å². The fraction of sp³-hybridized carbons (Fsp3) is 0.700. The molecule has 1 N–H and O–H groups in total. The summed E-state index contributed by atoms with van der Waals surface area (Å²) in [6.45, 7) is 11.3. The molecular weight excluding hydrogens is 304 g/mol. The Morgan fingerprint density at radius 1 is 1.46 bits per heavy atom. The molecule has 2 aliphatic rings. The lowest BCUT2D eigenvalue weighted by Gasteiger charge is -2.44. The number of rotatable bonds is 3. The van der Waals surface area contributed by atoms with E-state index in [0.717, 1.165) is 5.57 Å². The summed E-state index contributed by atoms with van der Waals surface area (Å²) in [4.78, 5) is 25.3. The van der Waals surface area contributed by atoms with Crippen LogP contribution in [0.2, 0.25) is 0 Å². The molecule has 0 spiro atoms. The van der Waals surface area contributed by atoms with Crippen LogP contribution in [0.25, 0.3) is 0 Å². The Bertz CT molecular complexity index is 601. The van der Waals surface area contributed by atoms with Crippen LogP contribution in [0.3, 0.4) is 0 Å². The minimum atomic E-state index is -1.15. The summed E-state index contributed by atoms with van der Waals surface area (Å²) in [6.07, 6.45) is 4.39. The van der Waals surface area contributed by atoms with Gasteiger partial charge in [-0.2, -0.15) is 0 Å². The number of carbonyl (C=O) groups is 2. The number of carbonyl (C=O) groups excluding carboxylic acids is 2. The monoisotopic (exact) mass is 334 g/mol. The van der Waals surface area contributed by atoms with Gasteiger partial charge in [-0.05, 0) is 58.4 Å². The predicted molar refractivity (Wildman–Crippen MR) is 93.3 cm³/mol. The molecule has 0 unspecified atom stereocenters. The van der Waals surface area contributed by atoms with Crippen LogP contribution < -0.4 is 0 Å². The number of hydrogen-bond acceptors (Lipinski definition) is 4. The minimum Gasteiger partial charge on any atom is -0.454 e. The highest BCUT2D eigenvalue weighted by Crippen LogP contribution is 2.56. The lowest BCUT2D eigenvalue weighted by molar-refractivity contribution is -0.171. The van der Waals surface area contributed by atoms with Gasteiger partial charge < -0.3 is 9.84 Å². The van der Waals surface area contributed by atoms with Crippen molar-refractivity contribution in [2.75, 3.05) is 0 Å². The second-order valence-electron chi connectivity index (χ2n) is 7.92. The van der Waals surface area contributed by atoms with Crippen LogP contribution in [0.15, 0.2) is 23.3 Å². The van der Waals surface area contributed by atoms with Crippen LogP contribution in [0, 0.1) is 17.3 Å². The maximum Gasteiger partial charge on any atom is 0.334 e. The molecule has 0 radical (unpaired) electrons. The molecular formula is C20H30O4. The molecule has 0 aromatic rings. The summed E-state index contributed by atoms with van der Waals surface area (Å²) >= 11 is 0. The van der Waals surface area contributed by atoms with E-state index in [1.165, 1.54) is 0 Å². The van der Waals surface area contributed by atoms with Crippen molar-refractivity contribution in [1.29, 1.82) is 0 Å². The van der Waals surface area contributed by atoms with Crippen LogP contribution in [-0.2, 0) is 14.3 Å². The molecule has 24 heavy (non-hydrogen) atoms. The van der Waals surface area contributed by atoms with Gasteiger partial charge in [-0.3, -0.25) is 4.79 Å². The first kappa shape index (κ1) is 18.9. The molecule has 0 saturated heterocycles. The Kier molecular flexibility index (Phi) is 5.10. The Labute approximate surface area is 145 Å². The average Bonchev–Trinajstić information content (AvgIpc) is 2.67. The third-order valence-electron chi connectivity index (χ3n) is 6.20. The quantitative estimate of drug-likeness (QED) is 0.487. The normalized spacial score (nSPS) is 37.1. The van der Waals surface area contributed by atoms with Crippen LogP contribution in [0.4, 0.5) is 0 Å².